The highest BCUT2D eigenvalue weighted by atomic mass is 19.4. The Hall–Kier alpha value is -2.34. The average Bonchev–Trinajstić information content (AvgIpc) is 3.62. The first-order chi connectivity index (χ1) is 19.7. The van der Waals surface area contributed by atoms with Gasteiger partial charge < -0.3 is 14.5 Å². The quantitative estimate of drug-likeness (QED) is 0.649. The maximum Gasteiger partial charge on any atom is 0.397 e. The molecule has 0 aromatic carbocycles. The summed E-state index contributed by atoms with van der Waals surface area (Å²) in [5.41, 5.74) is 0.282. The third-order valence-corrected chi connectivity index (χ3v) is 5.72. The van der Waals surface area contributed by atoms with Gasteiger partial charge in [-0.15, -0.1) is 0 Å². The molecule has 0 bridgehead atoms. The number of nitriles is 1. The average molecular weight is 476 g/mol. The van der Waals surface area contributed by atoms with Crippen LogP contribution in [0.5, 0.6) is 0 Å². The van der Waals surface area contributed by atoms with Crippen LogP contribution < -0.4 is 4.90 Å². The number of amides is 1. The van der Waals surface area contributed by atoms with E-state index in [1.165, 1.54) is 0 Å². The Bertz CT molecular complexity index is 1370. The Labute approximate surface area is 208 Å². The van der Waals surface area contributed by atoms with Crippen LogP contribution in [0, 0.1) is 17.2 Å². The summed E-state index contributed by atoms with van der Waals surface area (Å²) in [5, 5.41) is 10.3. The summed E-state index contributed by atoms with van der Waals surface area (Å²) < 4.78 is 138. The molecular formula is C24H31F3N4O2. The minimum atomic E-state index is -5.30. The van der Waals surface area contributed by atoms with Gasteiger partial charge >= 0.3 is 6.18 Å². The van der Waals surface area contributed by atoms with Crippen LogP contribution in [0.15, 0.2) is 0 Å². The predicted molar refractivity (Wildman–Crippen MR) is 117 cm³/mol. The molecule has 0 N–H and O–H groups in total. The normalized spacial score (nSPS) is 33.8. The minimum Gasteiger partial charge on any atom is -0.370 e. The number of alkyl halides is 3. The third kappa shape index (κ3) is 4.96. The number of nitrogens with zero attached hydrogens (tertiary/aromatic N) is 4. The van der Waals surface area contributed by atoms with E-state index < -0.39 is 80.0 Å². The van der Waals surface area contributed by atoms with Crippen LogP contribution in [-0.2, 0) is 22.6 Å². The van der Waals surface area contributed by atoms with Crippen molar-refractivity contribution in [3.8, 4) is 6.07 Å². The summed E-state index contributed by atoms with van der Waals surface area (Å²) in [5.74, 6) is -6.10. The van der Waals surface area contributed by atoms with Gasteiger partial charge in [-0.1, -0.05) is 13.7 Å². The molecule has 2 fully saturated rings. The topological polar surface area (TPSA) is 69.5 Å². The first-order valence-corrected chi connectivity index (χ1v) is 10.5. The second-order valence-electron chi connectivity index (χ2n) is 8.96. The standard InChI is InChI=1S/C24H31F3N4O2/c1-14(2)19-12-30(7-8-31(19)20(32)10-24(25,26)27)22-17(11-28)16-9-23(3,4)33-13-18(16)21(29-22)15-5-6-15/h14-15,19H,5-10,12-13H2,1-4H3/i1D3,2D3,8D2,12D2,19D. The Balaban J connectivity index is 2.06. The molecule has 1 atom stereocenters. The zero-order valence-electron chi connectivity index (χ0n) is 29.1. The molecule has 3 aliphatic rings. The Morgan fingerprint density at radius 3 is 2.76 bits per heavy atom. The molecule has 0 radical (unpaired) electrons. The van der Waals surface area contributed by atoms with Crippen molar-refractivity contribution in [1.82, 2.24) is 9.88 Å². The number of anilines is 1. The van der Waals surface area contributed by atoms with Gasteiger partial charge in [-0.05, 0) is 38.2 Å². The van der Waals surface area contributed by atoms with E-state index in [-0.39, 0.29) is 24.5 Å². The van der Waals surface area contributed by atoms with Gasteiger partial charge in [-0.25, -0.2) is 4.98 Å². The van der Waals surface area contributed by atoms with Gasteiger partial charge in [-0.2, -0.15) is 18.4 Å². The van der Waals surface area contributed by atoms with E-state index in [1.807, 2.05) is 6.07 Å². The van der Waals surface area contributed by atoms with Crippen LogP contribution in [0.4, 0.5) is 19.0 Å². The van der Waals surface area contributed by atoms with Crippen molar-refractivity contribution in [1.29, 1.82) is 5.26 Å². The highest BCUT2D eigenvalue weighted by Crippen LogP contribution is 2.46. The molecule has 180 valence electrons. The number of ether oxygens (including phenoxy) is 1. The van der Waals surface area contributed by atoms with E-state index in [9.17, 15) is 24.6 Å². The van der Waals surface area contributed by atoms with Crippen molar-refractivity contribution in [3.05, 3.63) is 22.4 Å². The lowest BCUT2D eigenvalue weighted by Crippen LogP contribution is -2.58. The first kappa shape index (κ1) is 13.5. The van der Waals surface area contributed by atoms with Crippen molar-refractivity contribution in [2.24, 2.45) is 5.92 Å². The Morgan fingerprint density at radius 1 is 1.42 bits per heavy atom. The molecule has 1 aromatic rings. The van der Waals surface area contributed by atoms with Crippen molar-refractivity contribution in [2.75, 3.05) is 24.4 Å². The fraction of sp³-hybridized carbons (Fsp3) is 0.708. The fourth-order valence-corrected chi connectivity index (χ4v) is 4.03. The molecule has 1 saturated carbocycles. The maximum absolute atomic E-state index is 13.4. The lowest BCUT2D eigenvalue weighted by atomic mass is 9.87. The van der Waals surface area contributed by atoms with Gasteiger partial charge in [0.05, 0.1) is 36.3 Å². The summed E-state index contributed by atoms with van der Waals surface area (Å²) in [6.45, 7) is -12.6. The lowest BCUT2D eigenvalue weighted by Gasteiger charge is -2.44. The number of carbonyl (C=O) groups is 1. The summed E-state index contributed by atoms with van der Waals surface area (Å²) >= 11 is 0. The van der Waals surface area contributed by atoms with Crippen molar-refractivity contribution >= 4 is 11.7 Å². The van der Waals surface area contributed by atoms with Crippen LogP contribution >= 0.6 is 0 Å². The predicted octanol–water partition coefficient (Wildman–Crippen LogP) is 4.31. The van der Waals surface area contributed by atoms with Crippen LogP contribution in [0.25, 0.3) is 0 Å². The smallest absolute Gasteiger partial charge is 0.370 e. The SMILES string of the molecule is [2H]C([2H])([2H])C(C([2H])([2H])[2H])C1([2H])N(C(=O)CC(F)(F)F)C([2H])([2H])CN(c2nc(C3CC3)c3c(c2C#N)CC(C)(C)OC3)C1([2H])[2H]. The third-order valence-electron chi connectivity index (χ3n) is 5.72. The lowest BCUT2D eigenvalue weighted by molar-refractivity contribution is -0.164. The van der Waals surface area contributed by atoms with Crippen LogP contribution in [0.3, 0.4) is 0 Å². The number of hydrogen-bond donors (Lipinski definition) is 0. The molecule has 1 aromatic heterocycles. The molecule has 2 aliphatic heterocycles. The number of hydrogen-bond acceptors (Lipinski definition) is 5. The molecule has 1 amide bonds. The van der Waals surface area contributed by atoms with Crippen molar-refractivity contribution in [2.45, 2.75) is 83.6 Å². The second-order valence-corrected chi connectivity index (χ2v) is 8.96. The molecule has 4 rings (SSSR count). The largest absolute Gasteiger partial charge is 0.397 e. The fourth-order valence-electron chi connectivity index (χ4n) is 4.03. The number of aromatic nitrogens is 1. The van der Waals surface area contributed by atoms with Crippen molar-refractivity contribution < 1.29 is 37.8 Å². The van der Waals surface area contributed by atoms with Gasteiger partial charge in [-0.3, -0.25) is 4.79 Å². The molecule has 1 saturated heterocycles. The second kappa shape index (κ2) is 8.46. The van der Waals surface area contributed by atoms with Gasteiger partial charge in [0.1, 0.15) is 18.3 Å². The van der Waals surface area contributed by atoms with Crippen LogP contribution in [-0.4, -0.2) is 53.1 Å². The molecule has 9 heteroatoms. The van der Waals surface area contributed by atoms with Crippen molar-refractivity contribution in [3.63, 3.8) is 0 Å². The van der Waals surface area contributed by atoms with E-state index in [2.05, 4.69) is 4.98 Å². The van der Waals surface area contributed by atoms with Crippen LogP contribution in [0.1, 0.15) is 90.2 Å². The molecule has 0 spiro atoms. The number of halogens is 3. The summed E-state index contributed by atoms with van der Waals surface area (Å²) in [6, 6.07) is -2.10. The van der Waals surface area contributed by atoms with E-state index >= 15 is 0 Å². The first-order valence-electron chi connectivity index (χ1n) is 16.0. The molecule has 1 aliphatic carbocycles. The van der Waals surface area contributed by atoms with E-state index in [1.54, 1.807) is 13.8 Å². The maximum atomic E-state index is 13.4. The summed E-state index contributed by atoms with van der Waals surface area (Å²) in [6.07, 6.45) is -6.25. The monoisotopic (exact) mass is 475 g/mol. The minimum absolute atomic E-state index is 0.0477. The molecule has 3 heterocycles. The highest BCUT2D eigenvalue weighted by molar-refractivity contribution is 5.77. The highest BCUT2D eigenvalue weighted by Gasteiger charge is 2.41. The van der Waals surface area contributed by atoms with Gasteiger partial charge in [0, 0.05) is 45.7 Å². The zero-order chi connectivity index (χ0) is 33.6. The van der Waals surface area contributed by atoms with E-state index in [4.69, 9.17) is 18.4 Å². The molecule has 33 heavy (non-hydrogen) atoms. The Morgan fingerprint density at radius 2 is 2.15 bits per heavy atom. The number of carbonyl (C=O) groups excluding carboxylic acids is 1. The molecular weight excluding hydrogens is 433 g/mol. The Kier molecular flexibility index (Phi) is 3.47. The molecule has 1 unspecified atom stereocenters. The van der Waals surface area contributed by atoms with Gasteiger partial charge in [0.25, 0.3) is 0 Å². The van der Waals surface area contributed by atoms with Gasteiger partial charge in [0.2, 0.25) is 5.91 Å². The number of piperazine rings is 1. The summed E-state index contributed by atoms with van der Waals surface area (Å²) in [7, 11) is 0. The van der Waals surface area contributed by atoms with Gasteiger partial charge in [0.15, 0.2) is 0 Å². The van der Waals surface area contributed by atoms with E-state index in [0.29, 0.717) is 34.6 Å². The van der Waals surface area contributed by atoms with E-state index in [0.717, 1.165) is 0 Å². The van der Waals surface area contributed by atoms with Crippen LogP contribution in [0.2, 0.25) is 0 Å². The molecule has 6 nitrogen and oxygen atoms in total. The number of fused-ring (bicyclic) bond motifs is 1. The number of pyridine rings is 1. The summed E-state index contributed by atoms with van der Waals surface area (Å²) in [4.78, 5) is 17.5. The zero-order valence-corrected chi connectivity index (χ0v) is 18.1. The number of rotatable bonds is 4.